The van der Waals surface area contributed by atoms with Crippen molar-refractivity contribution in [1.29, 1.82) is 0 Å². The molecular formula is C24H38. The fourth-order valence-electron chi connectivity index (χ4n) is 5.91. The first-order valence-electron chi connectivity index (χ1n) is 9.93. The lowest BCUT2D eigenvalue weighted by Crippen LogP contribution is -2.52. The van der Waals surface area contributed by atoms with Crippen LogP contribution in [0.1, 0.15) is 73.3 Å². The topological polar surface area (TPSA) is 0 Å². The Morgan fingerprint density at radius 1 is 0.750 bits per heavy atom. The van der Waals surface area contributed by atoms with Gasteiger partial charge in [0.15, 0.2) is 0 Å². The van der Waals surface area contributed by atoms with Crippen LogP contribution in [0.15, 0.2) is 42.5 Å². The number of benzene rings is 1. The van der Waals surface area contributed by atoms with Crippen LogP contribution < -0.4 is 0 Å². The first-order valence-corrected chi connectivity index (χ1v) is 9.93. The number of rotatable bonds is 5. The molecule has 1 atom stereocenters. The monoisotopic (exact) mass is 326 g/mol. The van der Waals surface area contributed by atoms with Gasteiger partial charge in [0.1, 0.15) is 0 Å². The molecule has 0 radical (unpaired) electrons. The summed E-state index contributed by atoms with van der Waals surface area (Å²) in [6.45, 7) is 19.5. The highest BCUT2D eigenvalue weighted by Gasteiger charge is 2.56. The van der Waals surface area contributed by atoms with E-state index in [9.17, 15) is 0 Å². The van der Waals surface area contributed by atoms with E-state index in [0.29, 0.717) is 35.0 Å². The Bertz CT molecular complexity index is 529. The van der Waals surface area contributed by atoms with Gasteiger partial charge in [0, 0.05) is 5.41 Å². The zero-order valence-electron chi connectivity index (χ0n) is 17.1. The summed E-state index contributed by atoms with van der Waals surface area (Å²) in [5.74, 6) is 3.12. The van der Waals surface area contributed by atoms with E-state index in [1.165, 1.54) is 12.0 Å². The van der Waals surface area contributed by atoms with E-state index >= 15 is 0 Å². The molecule has 134 valence electrons. The van der Waals surface area contributed by atoms with E-state index in [4.69, 9.17) is 0 Å². The molecule has 0 bridgehead atoms. The van der Waals surface area contributed by atoms with Crippen LogP contribution in [0.5, 0.6) is 0 Å². The summed E-state index contributed by atoms with van der Waals surface area (Å²) < 4.78 is 0. The van der Waals surface area contributed by atoms with Crippen molar-refractivity contribution in [2.75, 3.05) is 0 Å². The zero-order valence-corrected chi connectivity index (χ0v) is 17.1. The molecule has 1 aromatic rings. The van der Waals surface area contributed by atoms with Crippen molar-refractivity contribution < 1.29 is 0 Å². The standard InChI is InChI=1S/C24H38/c1-17(2)23(18(3)4)15-12-16-24(19(5)6,20(7)8)22(23)21-13-10-9-11-14-21/h9-15,17-20,22H,16H2,1-8H3. The molecule has 1 aliphatic carbocycles. The molecule has 0 aromatic heterocycles. The lowest BCUT2D eigenvalue weighted by Gasteiger charge is -2.60. The Kier molecular flexibility index (Phi) is 5.68. The van der Waals surface area contributed by atoms with E-state index in [0.717, 1.165) is 0 Å². The molecule has 1 unspecified atom stereocenters. The van der Waals surface area contributed by atoms with Gasteiger partial charge in [0.25, 0.3) is 0 Å². The molecule has 0 amide bonds. The fourth-order valence-corrected chi connectivity index (χ4v) is 5.91. The molecule has 0 saturated heterocycles. The van der Waals surface area contributed by atoms with Gasteiger partial charge in [-0.3, -0.25) is 0 Å². The van der Waals surface area contributed by atoms with Gasteiger partial charge >= 0.3 is 0 Å². The van der Waals surface area contributed by atoms with E-state index in [1.54, 1.807) is 0 Å². The molecule has 1 aliphatic rings. The quantitative estimate of drug-likeness (QED) is 0.497. The van der Waals surface area contributed by atoms with Crippen LogP contribution in [0.25, 0.3) is 0 Å². The van der Waals surface area contributed by atoms with Crippen LogP contribution in [0.4, 0.5) is 0 Å². The van der Waals surface area contributed by atoms with E-state index in [1.807, 2.05) is 0 Å². The Labute approximate surface area is 150 Å². The van der Waals surface area contributed by atoms with Crippen LogP contribution in [0.3, 0.4) is 0 Å². The van der Waals surface area contributed by atoms with Gasteiger partial charge < -0.3 is 0 Å². The minimum Gasteiger partial charge on any atom is -0.0873 e. The number of hydrogen-bond donors (Lipinski definition) is 0. The maximum atomic E-state index is 2.59. The Balaban J connectivity index is 2.81. The maximum absolute atomic E-state index is 2.59. The zero-order chi connectivity index (χ0) is 18.1. The number of hydrogen-bond acceptors (Lipinski definition) is 0. The molecule has 0 spiro atoms. The van der Waals surface area contributed by atoms with E-state index in [2.05, 4.69) is 97.9 Å². The normalized spacial score (nSPS) is 22.8. The second-order valence-corrected chi connectivity index (χ2v) is 9.18. The molecule has 2 rings (SSSR count). The minimum absolute atomic E-state index is 0.216. The smallest absolute Gasteiger partial charge is 0.000197 e. The molecule has 0 aliphatic heterocycles. The van der Waals surface area contributed by atoms with Crippen molar-refractivity contribution in [3.63, 3.8) is 0 Å². The fraction of sp³-hybridized carbons (Fsp3) is 0.667. The third kappa shape index (κ3) is 2.76. The summed E-state index contributed by atoms with van der Waals surface area (Å²) in [6.07, 6.45) is 6.30. The predicted molar refractivity (Wildman–Crippen MR) is 107 cm³/mol. The average molecular weight is 327 g/mol. The molecule has 0 heterocycles. The van der Waals surface area contributed by atoms with Crippen LogP contribution in [0, 0.1) is 34.5 Å². The first-order chi connectivity index (χ1) is 11.2. The Hall–Kier alpha value is -1.04. The molecule has 1 aromatic carbocycles. The maximum Gasteiger partial charge on any atom is 0.000197 e. The van der Waals surface area contributed by atoms with Crippen molar-refractivity contribution >= 4 is 0 Å². The average Bonchev–Trinajstić information content (AvgIpc) is 2.53. The highest BCUT2D eigenvalue weighted by Crippen LogP contribution is 2.65. The largest absolute Gasteiger partial charge is 0.0873 e. The second-order valence-electron chi connectivity index (χ2n) is 9.18. The third-order valence-electron chi connectivity index (χ3n) is 7.20. The summed E-state index contributed by atoms with van der Waals surface area (Å²) in [4.78, 5) is 0. The van der Waals surface area contributed by atoms with Crippen molar-refractivity contribution in [3.8, 4) is 0 Å². The summed E-state index contributed by atoms with van der Waals surface area (Å²) in [5.41, 5.74) is 2.06. The predicted octanol–water partition coefficient (Wildman–Crippen LogP) is 7.33. The molecule has 0 heteroatoms. The SMILES string of the molecule is CC(C)C1(C(C)C)C=CCC(C(C)C)(C(C)C)C1c1ccccc1. The van der Waals surface area contributed by atoms with Gasteiger partial charge in [-0.15, -0.1) is 0 Å². The van der Waals surface area contributed by atoms with Crippen LogP contribution in [-0.4, -0.2) is 0 Å². The van der Waals surface area contributed by atoms with E-state index < -0.39 is 0 Å². The molecule has 0 saturated carbocycles. The van der Waals surface area contributed by atoms with Crippen molar-refractivity contribution in [2.24, 2.45) is 34.5 Å². The molecule has 0 N–H and O–H groups in total. The summed E-state index contributed by atoms with van der Waals surface area (Å²) >= 11 is 0. The van der Waals surface area contributed by atoms with Crippen molar-refractivity contribution in [2.45, 2.75) is 67.7 Å². The first kappa shape index (κ1) is 19.3. The molecule has 0 nitrogen and oxygen atoms in total. The van der Waals surface area contributed by atoms with Gasteiger partial charge in [-0.1, -0.05) is 97.9 Å². The Morgan fingerprint density at radius 2 is 1.25 bits per heavy atom. The summed E-state index contributed by atoms with van der Waals surface area (Å²) in [6, 6.07) is 11.4. The summed E-state index contributed by atoms with van der Waals surface area (Å²) in [5, 5.41) is 0. The molecule has 0 fully saturated rings. The van der Waals surface area contributed by atoms with Crippen LogP contribution >= 0.6 is 0 Å². The minimum atomic E-state index is 0.216. The highest BCUT2D eigenvalue weighted by atomic mass is 14.6. The van der Waals surface area contributed by atoms with Gasteiger partial charge in [-0.2, -0.15) is 0 Å². The van der Waals surface area contributed by atoms with E-state index in [-0.39, 0.29) is 5.41 Å². The lowest BCUT2D eigenvalue weighted by molar-refractivity contribution is -0.0318. The third-order valence-corrected chi connectivity index (χ3v) is 7.20. The highest BCUT2D eigenvalue weighted by molar-refractivity contribution is 5.33. The van der Waals surface area contributed by atoms with Gasteiger partial charge in [0.05, 0.1) is 0 Å². The van der Waals surface area contributed by atoms with Gasteiger partial charge in [-0.05, 0) is 47.0 Å². The second kappa shape index (κ2) is 7.06. The van der Waals surface area contributed by atoms with Crippen LogP contribution in [0.2, 0.25) is 0 Å². The van der Waals surface area contributed by atoms with Crippen LogP contribution in [-0.2, 0) is 0 Å². The molecular weight excluding hydrogens is 288 g/mol. The van der Waals surface area contributed by atoms with Crippen molar-refractivity contribution in [1.82, 2.24) is 0 Å². The van der Waals surface area contributed by atoms with Gasteiger partial charge in [-0.25, -0.2) is 0 Å². The van der Waals surface area contributed by atoms with Crippen molar-refractivity contribution in [3.05, 3.63) is 48.0 Å². The summed E-state index contributed by atoms with van der Waals surface area (Å²) in [7, 11) is 0. The number of allylic oxidation sites excluding steroid dienone is 2. The van der Waals surface area contributed by atoms with Gasteiger partial charge in [0.2, 0.25) is 0 Å². The molecule has 24 heavy (non-hydrogen) atoms. The lowest BCUT2D eigenvalue weighted by atomic mass is 9.44. The Morgan fingerprint density at radius 3 is 1.67 bits per heavy atom.